The van der Waals surface area contributed by atoms with Crippen LogP contribution in [0.5, 0.6) is 5.75 Å². The van der Waals surface area contributed by atoms with Crippen molar-refractivity contribution in [3.8, 4) is 5.75 Å². The molecule has 92 valence electrons. The Bertz CT molecular complexity index is 418. The molecule has 1 aliphatic rings. The first kappa shape index (κ1) is 12.7. The van der Waals surface area contributed by atoms with Gasteiger partial charge in [-0.1, -0.05) is 43.1 Å². The van der Waals surface area contributed by atoms with Gasteiger partial charge < -0.3 is 10.5 Å². The highest BCUT2D eigenvalue weighted by atomic mass is 35.5. The van der Waals surface area contributed by atoms with Crippen LogP contribution < -0.4 is 10.5 Å². The molecule has 0 amide bonds. The van der Waals surface area contributed by atoms with Gasteiger partial charge in [0.1, 0.15) is 10.7 Å². The van der Waals surface area contributed by atoms with E-state index in [2.05, 4.69) is 0 Å². The number of hydrogen-bond acceptors (Lipinski definition) is 2. The Hall–Kier alpha value is -0.800. The van der Waals surface area contributed by atoms with Crippen LogP contribution in [0.15, 0.2) is 18.2 Å². The van der Waals surface area contributed by atoms with E-state index < -0.39 is 0 Å². The average Bonchev–Trinajstić information content (AvgIpc) is 2.23. The molecule has 4 heteroatoms. The van der Waals surface area contributed by atoms with E-state index in [0.717, 1.165) is 24.5 Å². The van der Waals surface area contributed by atoms with Crippen LogP contribution in [0, 0.1) is 5.92 Å². The molecule has 2 rings (SSSR count). The van der Waals surface area contributed by atoms with Crippen LogP contribution in [-0.2, 0) is 0 Å². The lowest BCUT2D eigenvalue weighted by Gasteiger charge is -2.25. The fourth-order valence-corrected chi connectivity index (χ4v) is 2.25. The van der Waals surface area contributed by atoms with Gasteiger partial charge in [-0.05, 0) is 30.5 Å². The van der Waals surface area contributed by atoms with Gasteiger partial charge in [0.05, 0.1) is 11.6 Å². The van der Waals surface area contributed by atoms with E-state index in [-0.39, 0.29) is 0 Å². The Kier molecular flexibility index (Phi) is 4.24. The summed E-state index contributed by atoms with van der Waals surface area (Å²) in [6.45, 7) is 0.733. The van der Waals surface area contributed by atoms with Gasteiger partial charge in [-0.3, -0.25) is 0 Å². The van der Waals surface area contributed by atoms with E-state index in [0.29, 0.717) is 15.8 Å². The van der Waals surface area contributed by atoms with E-state index in [4.69, 9.17) is 34.3 Å². The molecule has 1 fully saturated rings. The first-order chi connectivity index (χ1) is 8.16. The summed E-state index contributed by atoms with van der Waals surface area (Å²) < 4.78 is 5.66. The van der Waals surface area contributed by atoms with Gasteiger partial charge in [-0.25, -0.2) is 0 Å². The third-order valence-corrected chi connectivity index (χ3v) is 3.76. The van der Waals surface area contributed by atoms with Crippen molar-refractivity contribution in [2.24, 2.45) is 11.7 Å². The molecule has 1 aromatic rings. The van der Waals surface area contributed by atoms with Crippen LogP contribution in [0.2, 0.25) is 5.02 Å². The Balaban J connectivity index is 1.89. The zero-order valence-electron chi connectivity index (χ0n) is 9.62. The van der Waals surface area contributed by atoms with Gasteiger partial charge >= 0.3 is 0 Å². The van der Waals surface area contributed by atoms with Crippen molar-refractivity contribution in [1.82, 2.24) is 0 Å². The molecule has 2 nitrogen and oxygen atoms in total. The van der Waals surface area contributed by atoms with Crippen molar-refractivity contribution >= 4 is 28.8 Å². The number of halogens is 1. The summed E-state index contributed by atoms with van der Waals surface area (Å²) in [6.07, 6.45) is 5.18. The molecule has 0 aromatic heterocycles. The molecule has 1 saturated carbocycles. The second-order valence-electron chi connectivity index (χ2n) is 4.44. The molecule has 17 heavy (non-hydrogen) atoms. The molecule has 0 aliphatic heterocycles. The van der Waals surface area contributed by atoms with Crippen LogP contribution in [0.25, 0.3) is 0 Å². The minimum atomic E-state index is 0.355. The van der Waals surface area contributed by atoms with Crippen molar-refractivity contribution in [2.75, 3.05) is 6.61 Å². The smallest absolute Gasteiger partial charge is 0.137 e. The summed E-state index contributed by atoms with van der Waals surface area (Å²) in [6, 6.07) is 5.42. The van der Waals surface area contributed by atoms with Crippen LogP contribution in [-0.4, -0.2) is 11.6 Å². The SMILES string of the molecule is NC(=S)c1ccc(OCCC2CCC2)c(Cl)c1. The standard InChI is InChI=1S/C13H16ClNOS/c14-11-8-10(13(15)17)4-5-12(11)16-7-6-9-2-1-3-9/h4-5,8-9H,1-3,6-7H2,(H2,15,17). The van der Waals surface area contributed by atoms with Crippen molar-refractivity contribution in [3.05, 3.63) is 28.8 Å². The van der Waals surface area contributed by atoms with E-state index in [9.17, 15) is 0 Å². The highest BCUT2D eigenvalue weighted by Gasteiger charge is 2.17. The Morgan fingerprint density at radius 2 is 2.24 bits per heavy atom. The lowest BCUT2D eigenvalue weighted by atomic mass is 9.83. The minimum Gasteiger partial charge on any atom is -0.492 e. The van der Waals surface area contributed by atoms with Crippen LogP contribution in [0.4, 0.5) is 0 Å². The highest BCUT2D eigenvalue weighted by molar-refractivity contribution is 7.80. The molecule has 0 unspecified atom stereocenters. The Morgan fingerprint density at radius 3 is 2.76 bits per heavy atom. The summed E-state index contributed by atoms with van der Waals surface area (Å²) in [5, 5.41) is 0.573. The van der Waals surface area contributed by atoms with Crippen LogP contribution in [0.3, 0.4) is 0 Å². The maximum atomic E-state index is 6.10. The summed E-state index contributed by atoms with van der Waals surface area (Å²) >= 11 is 11.0. The number of thiocarbonyl (C=S) groups is 1. The molecule has 0 bridgehead atoms. The van der Waals surface area contributed by atoms with E-state index in [1.165, 1.54) is 19.3 Å². The Labute approximate surface area is 112 Å². The molecule has 0 atom stereocenters. The van der Waals surface area contributed by atoms with Crippen molar-refractivity contribution < 1.29 is 4.74 Å². The van der Waals surface area contributed by atoms with Gasteiger partial charge in [0.15, 0.2) is 0 Å². The molecule has 0 spiro atoms. The summed E-state index contributed by atoms with van der Waals surface area (Å²) in [4.78, 5) is 0.355. The zero-order valence-corrected chi connectivity index (χ0v) is 11.2. The summed E-state index contributed by atoms with van der Waals surface area (Å²) in [5.41, 5.74) is 6.30. The topological polar surface area (TPSA) is 35.2 Å². The third kappa shape index (κ3) is 3.33. The van der Waals surface area contributed by atoms with Crippen molar-refractivity contribution in [1.29, 1.82) is 0 Å². The normalized spacial score (nSPS) is 15.4. The summed E-state index contributed by atoms with van der Waals surface area (Å²) in [5.74, 6) is 1.57. The predicted molar refractivity (Wildman–Crippen MR) is 74.8 cm³/mol. The van der Waals surface area contributed by atoms with Crippen LogP contribution >= 0.6 is 23.8 Å². The fourth-order valence-electron chi connectivity index (χ4n) is 1.89. The first-order valence-corrected chi connectivity index (χ1v) is 6.67. The Morgan fingerprint density at radius 1 is 1.47 bits per heavy atom. The average molecular weight is 270 g/mol. The lowest BCUT2D eigenvalue weighted by Crippen LogP contribution is -2.14. The van der Waals surface area contributed by atoms with E-state index in [1.807, 2.05) is 12.1 Å². The number of ether oxygens (including phenoxy) is 1. The van der Waals surface area contributed by atoms with Gasteiger partial charge in [0.25, 0.3) is 0 Å². The maximum absolute atomic E-state index is 6.10. The number of rotatable bonds is 5. The number of nitrogens with two attached hydrogens (primary N) is 1. The van der Waals surface area contributed by atoms with Crippen molar-refractivity contribution in [3.63, 3.8) is 0 Å². The third-order valence-electron chi connectivity index (χ3n) is 3.22. The lowest BCUT2D eigenvalue weighted by molar-refractivity contribution is 0.222. The molecule has 0 saturated heterocycles. The van der Waals surface area contributed by atoms with Gasteiger partial charge in [0, 0.05) is 5.56 Å². The van der Waals surface area contributed by atoms with Crippen molar-refractivity contribution in [2.45, 2.75) is 25.7 Å². The van der Waals surface area contributed by atoms with E-state index >= 15 is 0 Å². The largest absolute Gasteiger partial charge is 0.492 e. The van der Waals surface area contributed by atoms with Gasteiger partial charge in [-0.2, -0.15) is 0 Å². The second kappa shape index (κ2) is 5.69. The van der Waals surface area contributed by atoms with Gasteiger partial charge in [0.2, 0.25) is 0 Å². The molecule has 1 aliphatic carbocycles. The molecule has 0 radical (unpaired) electrons. The molecule has 2 N–H and O–H groups in total. The second-order valence-corrected chi connectivity index (χ2v) is 5.29. The minimum absolute atomic E-state index is 0.355. The zero-order chi connectivity index (χ0) is 12.3. The highest BCUT2D eigenvalue weighted by Crippen LogP contribution is 2.30. The molecular formula is C13H16ClNOS. The maximum Gasteiger partial charge on any atom is 0.137 e. The molecule has 0 heterocycles. The first-order valence-electron chi connectivity index (χ1n) is 5.89. The fraction of sp³-hybridized carbons (Fsp3) is 0.462. The number of benzene rings is 1. The van der Waals surface area contributed by atoms with E-state index in [1.54, 1.807) is 6.07 Å². The molecule has 1 aromatic carbocycles. The number of hydrogen-bond donors (Lipinski definition) is 1. The van der Waals surface area contributed by atoms with Gasteiger partial charge in [-0.15, -0.1) is 0 Å². The predicted octanol–water partition coefficient (Wildman–Crippen LogP) is 3.54. The quantitative estimate of drug-likeness (QED) is 0.831. The summed E-state index contributed by atoms with van der Waals surface area (Å²) in [7, 11) is 0. The molecular weight excluding hydrogens is 254 g/mol. The van der Waals surface area contributed by atoms with Crippen LogP contribution in [0.1, 0.15) is 31.2 Å². The monoisotopic (exact) mass is 269 g/mol.